The van der Waals surface area contributed by atoms with Crippen molar-refractivity contribution in [1.29, 1.82) is 0 Å². The number of carbonyl (C=O) groups excluding carboxylic acids is 1. The van der Waals surface area contributed by atoms with Crippen molar-refractivity contribution < 1.29 is 40.3 Å². The molecule has 0 aromatic heterocycles. The highest BCUT2D eigenvalue weighted by Crippen LogP contribution is 2.48. The van der Waals surface area contributed by atoms with Gasteiger partial charge in [0.25, 0.3) is 0 Å². The van der Waals surface area contributed by atoms with Gasteiger partial charge in [0.2, 0.25) is 0 Å². The van der Waals surface area contributed by atoms with Gasteiger partial charge >= 0.3 is 24.0 Å². The lowest BCUT2D eigenvalue weighted by molar-refractivity contribution is -0.355. The van der Waals surface area contributed by atoms with Crippen LogP contribution in [-0.2, 0) is 9.53 Å². The zero-order chi connectivity index (χ0) is 14.6. The monoisotopic (exact) mass is 282 g/mol. The van der Waals surface area contributed by atoms with Crippen LogP contribution in [0.4, 0.5) is 30.7 Å². The van der Waals surface area contributed by atoms with Crippen LogP contribution in [0.3, 0.4) is 0 Å². The molecule has 0 spiro atoms. The third kappa shape index (κ3) is 3.88. The molecule has 0 saturated heterocycles. The average molecular weight is 282 g/mol. The minimum absolute atomic E-state index is 0.697. The first-order valence-corrected chi connectivity index (χ1v) is 4.57. The second-order valence-corrected chi connectivity index (χ2v) is 3.25. The van der Waals surface area contributed by atoms with Crippen molar-refractivity contribution >= 4 is 5.97 Å². The second kappa shape index (κ2) is 5.57. The Bertz CT molecular complexity index is 309. The quantitative estimate of drug-likeness (QED) is 0.323. The fourth-order valence-corrected chi connectivity index (χ4v) is 0.890. The zero-order valence-electron chi connectivity index (χ0n) is 8.87. The van der Waals surface area contributed by atoms with Gasteiger partial charge in [0.15, 0.2) is 0 Å². The van der Waals surface area contributed by atoms with Gasteiger partial charge in [-0.3, -0.25) is 0 Å². The molecule has 0 unspecified atom stereocenters. The minimum Gasteiger partial charge on any atom is -0.463 e. The zero-order valence-corrected chi connectivity index (χ0v) is 8.87. The fourth-order valence-electron chi connectivity index (χ4n) is 0.890. The molecule has 0 aliphatic carbocycles. The molecule has 18 heavy (non-hydrogen) atoms. The lowest BCUT2D eigenvalue weighted by Gasteiger charge is -2.28. The SMILES string of the molecule is C=CC(=O)OCCCC(F)(F)C(F)(F)C(F)(F)F. The van der Waals surface area contributed by atoms with Crippen LogP contribution < -0.4 is 0 Å². The van der Waals surface area contributed by atoms with Crippen LogP contribution >= 0.6 is 0 Å². The normalized spacial score (nSPS) is 13.3. The summed E-state index contributed by atoms with van der Waals surface area (Å²) < 4.78 is 89.3. The lowest BCUT2D eigenvalue weighted by atomic mass is 10.1. The molecule has 0 aromatic carbocycles. The molecule has 0 atom stereocenters. The highest BCUT2D eigenvalue weighted by Gasteiger charge is 2.72. The predicted molar refractivity (Wildman–Crippen MR) is 46.3 cm³/mol. The summed E-state index contributed by atoms with van der Waals surface area (Å²) in [5.41, 5.74) is 0. The Morgan fingerprint density at radius 1 is 1.11 bits per heavy atom. The highest BCUT2D eigenvalue weighted by atomic mass is 19.4. The summed E-state index contributed by atoms with van der Waals surface area (Å²) in [5, 5.41) is 0. The van der Waals surface area contributed by atoms with Crippen molar-refractivity contribution in [2.24, 2.45) is 0 Å². The summed E-state index contributed by atoms with van der Waals surface area (Å²) in [6.45, 7) is 2.27. The molecule has 0 bridgehead atoms. The molecule has 106 valence electrons. The largest absolute Gasteiger partial charge is 0.463 e. The maximum atomic E-state index is 12.7. The summed E-state index contributed by atoms with van der Waals surface area (Å²) in [4.78, 5) is 10.4. The first-order chi connectivity index (χ1) is 7.95. The number of esters is 1. The van der Waals surface area contributed by atoms with Crippen molar-refractivity contribution in [3.05, 3.63) is 12.7 Å². The molecule has 2 nitrogen and oxygen atoms in total. The molecular formula is C9H9F7O2. The van der Waals surface area contributed by atoms with E-state index >= 15 is 0 Å². The Hall–Kier alpha value is -1.28. The van der Waals surface area contributed by atoms with Crippen LogP contribution in [0.2, 0.25) is 0 Å². The van der Waals surface area contributed by atoms with Crippen LogP contribution in [0.25, 0.3) is 0 Å². The molecular weight excluding hydrogens is 273 g/mol. The van der Waals surface area contributed by atoms with Gasteiger partial charge in [-0.2, -0.15) is 30.7 Å². The number of alkyl halides is 7. The third-order valence-electron chi connectivity index (χ3n) is 1.86. The van der Waals surface area contributed by atoms with Crippen LogP contribution in [0.5, 0.6) is 0 Å². The van der Waals surface area contributed by atoms with Crippen LogP contribution in [-0.4, -0.2) is 30.6 Å². The molecule has 0 radical (unpaired) electrons. The van der Waals surface area contributed by atoms with Crippen molar-refractivity contribution in [2.45, 2.75) is 30.9 Å². The number of hydrogen-bond acceptors (Lipinski definition) is 2. The van der Waals surface area contributed by atoms with Crippen molar-refractivity contribution in [3.8, 4) is 0 Å². The third-order valence-corrected chi connectivity index (χ3v) is 1.86. The van der Waals surface area contributed by atoms with E-state index in [9.17, 15) is 35.5 Å². The van der Waals surface area contributed by atoms with Gasteiger partial charge in [-0.25, -0.2) is 4.79 Å². The molecule has 0 rings (SSSR count). The summed E-state index contributed by atoms with van der Waals surface area (Å²) >= 11 is 0. The van der Waals surface area contributed by atoms with E-state index in [0.29, 0.717) is 6.08 Å². The number of rotatable bonds is 6. The van der Waals surface area contributed by atoms with Crippen LogP contribution in [0.15, 0.2) is 12.7 Å². The van der Waals surface area contributed by atoms with Crippen LogP contribution in [0.1, 0.15) is 12.8 Å². The number of halogens is 7. The average Bonchev–Trinajstić information content (AvgIpc) is 2.22. The van der Waals surface area contributed by atoms with Gasteiger partial charge in [-0.05, 0) is 6.42 Å². The van der Waals surface area contributed by atoms with Gasteiger partial charge in [0.1, 0.15) is 0 Å². The maximum absolute atomic E-state index is 12.7. The summed E-state index contributed by atoms with van der Waals surface area (Å²) in [6.07, 6.45) is -8.24. The van der Waals surface area contributed by atoms with E-state index in [0.717, 1.165) is 0 Å². The molecule has 0 amide bonds. The van der Waals surface area contributed by atoms with Crippen LogP contribution in [0, 0.1) is 0 Å². The number of hydrogen-bond donors (Lipinski definition) is 0. The number of ether oxygens (including phenoxy) is 1. The minimum atomic E-state index is -6.34. The van der Waals surface area contributed by atoms with E-state index in [1.807, 2.05) is 0 Å². The Kier molecular flexibility index (Phi) is 5.18. The molecule has 0 aromatic rings. The fraction of sp³-hybridized carbons (Fsp3) is 0.667. The van der Waals surface area contributed by atoms with E-state index < -0.39 is 43.4 Å². The molecule has 0 fully saturated rings. The van der Waals surface area contributed by atoms with E-state index in [4.69, 9.17) is 0 Å². The second-order valence-electron chi connectivity index (χ2n) is 3.25. The van der Waals surface area contributed by atoms with Gasteiger partial charge in [-0.15, -0.1) is 0 Å². The first kappa shape index (κ1) is 16.7. The van der Waals surface area contributed by atoms with Gasteiger partial charge in [0, 0.05) is 12.5 Å². The first-order valence-electron chi connectivity index (χ1n) is 4.57. The molecule has 9 heteroatoms. The molecule has 0 aliphatic rings. The molecule has 0 saturated carbocycles. The highest BCUT2D eigenvalue weighted by molar-refractivity contribution is 5.81. The Balaban J connectivity index is 4.40. The Morgan fingerprint density at radius 3 is 2.00 bits per heavy atom. The smallest absolute Gasteiger partial charge is 0.459 e. The lowest BCUT2D eigenvalue weighted by Crippen LogP contribution is -2.51. The molecule has 0 aliphatic heterocycles. The summed E-state index contributed by atoms with van der Waals surface area (Å²) in [6, 6.07) is 0. The topological polar surface area (TPSA) is 26.3 Å². The number of carbonyl (C=O) groups is 1. The van der Waals surface area contributed by atoms with E-state index in [2.05, 4.69) is 11.3 Å². The molecule has 0 N–H and O–H groups in total. The Labute approximate surface area is 97.4 Å². The van der Waals surface area contributed by atoms with E-state index in [-0.39, 0.29) is 0 Å². The van der Waals surface area contributed by atoms with E-state index in [1.165, 1.54) is 0 Å². The summed E-state index contributed by atoms with van der Waals surface area (Å²) in [7, 11) is 0. The predicted octanol–water partition coefficient (Wildman–Crippen LogP) is 3.33. The van der Waals surface area contributed by atoms with Crippen molar-refractivity contribution in [3.63, 3.8) is 0 Å². The van der Waals surface area contributed by atoms with Crippen molar-refractivity contribution in [2.75, 3.05) is 6.61 Å². The Morgan fingerprint density at radius 2 is 1.61 bits per heavy atom. The van der Waals surface area contributed by atoms with Crippen molar-refractivity contribution in [1.82, 2.24) is 0 Å². The standard InChI is InChI=1S/C9H9F7O2/c1-2-6(17)18-5-3-4-7(10,11)8(12,13)9(14,15)16/h2H,1,3-5H2. The summed E-state index contributed by atoms with van der Waals surface area (Å²) in [5.74, 6) is -12.4. The maximum Gasteiger partial charge on any atom is 0.459 e. The van der Waals surface area contributed by atoms with Gasteiger partial charge < -0.3 is 4.74 Å². The molecule has 0 heterocycles. The van der Waals surface area contributed by atoms with E-state index in [1.54, 1.807) is 0 Å². The van der Waals surface area contributed by atoms with Gasteiger partial charge in [0.05, 0.1) is 6.61 Å². The van der Waals surface area contributed by atoms with Gasteiger partial charge in [-0.1, -0.05) is 6.58 Å².